The summed E-state index contributed by atoms with van der Waals surface area (Å²) in [7, 11) is 1.70. The van der Waals surface area contributed by atoms with Gasteiger partial charge in [-0.2, -0.15) is 0 Å². The fraction of sp³-hybridized carbons (Fsp3) is 0.400. The topological polar surface area (TPSA) is 33.3 Å². The largest absolute Gasteiger partial charge is 0.496 e. The van der Waals surface area contributed by atoms with E-state index in [1.807, 2.05) is 12.1 Å². The predicted molar refractivity (Wildman–Crippen MR) is 94.7 cm³/mol. The zero-order valence-corrected chi connectivity index (χ0v) is 14.3. The van der Waals surface area contributed by atoms with Crippen molar-refractivity contribution >= 4 is 0 Å². The van der Waals surface area contributed by atoms with Gasteiger partial charge in [0.25, 0.3) is 0 Å². The van der Waals surface area contributed by atoms with E-state index in [0.717, 1.165) is 42.8 Å². The minimum absolute atomic E-state index is 0.130. The average molecular weight is 328 g/mol. The van der Waals surface area contributed by atoms with Gasteiger partial charge in [-0.15, -0.1) is 0 Å². The van der Waals surface area contributed by atoms with Crippen LogP contribution in [0.2, 0.25) is 0 Å². The Labute approximate surface area is 143 Å². The molecule has 128 valence electrons. The van der Waals surface area contributed by atoms with E-state index in [0.29, 0.717) is 0 Å². The van der Waals surface area contributed by atoms with E-state index >= 15 is 0 Å². The smallest absolute Gasteiger partial charge is 0.123 e. The molecule has 0 radical (unpaired) electrons. The summed E-state index contributed by atoms with van der Waals surface area (Å²) < 4.78 is 19.0. The number of piperidine rings is 1. The Morgan fingerprint density at radius 1 is 1.25 bits per heavy atom. The van der Waals surface area contributed by atoms with Gasteiger partial charge in [-0.25, -0.2) is 4.39 Å². The van der Waals surface area contributed by atoms with Gasteiger partial charge in [-0.1, -0.05) is 29.8 Å². The summed E-state index contributed by atoms with van der Waals surface area (Å²) in [5, 5.41) is 7.17. The summed E-state index contributed by atoms with van der Waals surface area (Å²) in [6.45, 7) is 3.79. The van der Waals surface area contributed by atoms with Crippen molar-refractivity contribution in [3.05, 3.63) is 65.0 Å². The molecule has 2 aromatic rings. The van der Waals surface area contributed by atoms with E-state index < -0.39 is 0 Å². The van der Waals surface area contributed by atoms with Crippen molar-refractivity contribution in [2.75, 3.05) is 13.7 Å². The van der Waals surface area contributed by atoms with Crippen LogP contribution in [0, 0.1) is 12.7 Å². The molecular weight excluding hydrogens is 303 g/mol. The van der Waals surface area contributed by atoms with Crippen molar-refractivity contribution in [1.82, 2.24) is 10.6 Å². The van der Waals surface area contributed by atoms with Gasteiger partial charge in [0, 0.05) is 24.2 Å². The fourth-order valence-corrected chi connectivity index (χ4v) is 3.45. The monoisotopic (exact) mass is 328 g/mol. The lowest BCUT2D eigenvalue weighted by atomic mass is 9.92. The van der Waals surface area contributed by atoms with Crippen molar-refractivity contribution in [2.24, 2.45) is 0 Å². The van der Waals surface area contributed by atoms with Crippen molar-refractivity contribution < 1.29 is 9.13 Å². The summed E-state index contributed by atoms with van der Waals surface area (Å²) in [4.78, 5) is 0. The first kappa shape index (κ1) is 16.9. The molecule has 2 atom stereocenters. The van der Waals surface area contributed by atoms with Crippen LogP contribution in [0.1, 0.15) is 35.6 Å². The Morgan fingerprint density at radius 3 is 2.92 bits per heavy atom. The SMILES string of the molecule is COc1ccc(C)cc1CN[C@H]1CCCN[C@H]1c1cccc(F)c1. The van der Waals surface area contributed by atoms with Gasteiger partial charge >= 0.3 is 0 Å². The molecule has 3 nitrogen and oxygen atoms in total. The van der Waals surface area contributed by atoms with Crippen LogP contribution >= 0.6 is 0 Å². The number of hydrogen-bond donors (Lipinski definition) is 2. The maximum atomic E-state index is 13.6. The second-order valence-electron chi connectivity index (χ2n) is 6.43. The number of methoxy groups -OCH3 is 1. The quantitative estimate of drug-likeness (QED) is 0.877. The second-order valence-corrected chi connectivity index (χ2v) is 6.43. The van der Waals surface area contributed by atoms with E-state index in [4.69, 9.17) is 4.74 Å². The van der Waals surface area contributed by atoms with Crippen LogP contribution in [-0.4, -0.2) is 19.7 Å². The predicted octanol–water partition coefficient (Wildman–Crippen LogP) is 3.73. The highest BCUT2D eigenvalue weighted by Gasteiger charge is 2.26. The summed E-state index contributed by atoms with van der Waals surface area (Å²) in [5.74, 6) is 0.721. The lowest BCUT2D eigenvalue weighted by Crippen LogP contribution is -2.45. The van der Waals surface area contributed by atoms with Crippen molar-refractivity contribution in [2.45, 2.75) is 38.4 Å². The number of ether oxygens (including phenoxy) is 1. The first-order valence-corrected chi connectivity index (χ1v) is 8.53. The van der Waals surface area contributed by atoms with Crippen LogP contribution in [0.15, 0.2) is 42.5 Å². The maximum Gasteiger partial charge on any atom is 0.123 e. The van der Waals surface area contributed by atoms with E-state index in [2.05, 4.69) is 29.7 Å². The summed E-state index contributed by atoms with van der Waals surface area (Å²) in [5.41, 5.74) is 3.38. The molecule has 0 bridgehead atoms. The molecule has 1 aliphatic heterocycles. The molecule has 0 unspecified atom stereocenters. The molecule has 0 spiro atoms. The van der Waals surface area contributed by atoms with E-state index in [1.54, 1.807) is 19.2 Å². The highest BCUT2D eigenvalue weighted by atomic mass is 19.1. The van der Waals surface area contributed by atoms with Crippen molar-refractivity contribution in [3.8, 4) is 5.75 Å². The number of rotatable bonds is 5. The summed E-state index contributed by atoms with van der Waals surface area (Å²) in [6.07, 6.45) is 2.19. The fourth-order valence-electron chi connectivity index (χ4n) is 3.45. The normalized spacial score (nSPS) is 20.8. The standard InChI is InChI=1S/C20H25FN2O/c1-14-8-9-19(24-2)16(11-14)13-23-18-7-4-10-22-20(18)15-5-3-6-17(21)12-15/h3,5-6,8-9,11-12,18,20,22-23H,4,7,10,13H2,1-2H3/t18-,20-/m0/s1. The maximum absolute atomic E-state index is 13.6. The third kappa shape index (κ3) is 3.94. The molecule has 1 aliphatic rings. The number of nitrogens with one attached hydrogen (secondary N) is 2. The van der Waals surface area contributed by atoms with Gasteiger partial charge in [0.2, 0.25) is 0 Å². The molecule has 24 heavy (non-hydrogen) atoms. The van der Waals surface area contributed by atoms with Gasteiger partial charge in [0.15, 0.2) is 0 Å². The van der Waals surface area contributed by atoms with Crippen LogP contribution < -0.4 is 15.4 Å². The number of benzene rings is 2. The Bertz CT molecular complexity index is 689. The van der Waals surface area contributed by atoms with E-state index in [1.165, 1.54) is 11.6 Å². The molecule has 1 fully saturated rings. The van der Waals surface area contributed by atoms with Crippen LogP contribution in [0.4, 0.5) is 4.39 Å². The van der Waals surface area contributed by atoms with Crippen molar-refractivity contribution in [1.29, 1.82) is 0 Å². The number of hydrogen-bond acceptors (Lipinski definition) is 3. The zero-order chi connectivity index (χ0) is 16.9. The Morgan fingerprint density at radius 2 is 2.12 bits per heavy atom. The van der Waals surface area contributed by atoms with Gasteiger partial charge in [0.05, 0.1) is 7.11 Å². The molecule has 3 rings (SSSR count). The summed E-state index contributed by atoms with van der Waals surface area (Å²) >= 11 is 0. The molecule has 4 heteroatoms. The highest BCUT2D eigenvalue weighted by molar-refractivity contribution is 5.37. The van der Waals surface area contributed by atoms with Crippen LogP contribution in [0.25, 0.3) is 0 Å². The van der Waals surface area contributed by atoms with Crippen LogP contribution in [-0.2, 0) is 6.54 Å². The van der Waals surface area contributed by atoms with Crippen LogP contribution in [0.3, 0.4) is 0 Å². The lowest BCUT2D eigenvalue weighted by molar-refractivity contribution is 0.302. The van der Waals surface area contributed by atoms with Crippen LogP contribution in [0.5, 0.6) is 5.75 Å². The molecular formula is C20H25FN2O. The van der Waals surface area contributed by atoms with Gasteiger partial charge in [-0.05, 0) is 50.1 Å². The molecule has 1 heterocycles. The lowest BCUT2D eigenvalue weighted by Gasteiger charge is -2.34. The molecule has 2 N–H and O–H groups in total. The molecule has 0 saturated carbocycles. The first-order valence-electron chi connectivity index (χ1n) is 8.53. The molecule has 2 aromatic carbocycles. The third-order valence-corrected chi connectivity index (χ3v) is 4.66. The van der Waals surface area contributed by atoms with E-state index in [-0.39, 0.29) is 17.9 Å². The van der Waals surface area contributed by atoms with Gasteiger partial charge in [-0.3, -0.25) is 0 Å². The first-order chi connectivity index (χ1) is 11.7. The second kappa shape index (κ2) is 7.77. The zero-order valence-electron chi connectivity index (χ0n) is 14.3. The average Bonchev–Trinajstić information content (AvgIpc) is 2.60. The number of halogens is 1. The van der Waals surface area contributed by atoms with E-state index in [9.17, 15) is 4.39 Å². The Hall–Kier alpha value is -1.91. The number of aryl methyl sites for hydroxylation is 1. The molecule has 1 saturated heterocycles. The minimum atomic E-state index is -0.182. The van der Waals surface area contributed by atoms with Gasteiger partial charge < -0.3 is 15.4 Å². The Balaban J connectivity index is 1.74. The van der Waals surface area contributed by atoms with Crippen molar-refractivity contribution in [3.63, 3.8) is 0 Å². The minimum Gasteiger partial charge on any atom is -0.496 e. The highest BCUT2D eigenvalue weighted by Crippen LogP contribution is 2.26. The Kier molecular flexibility index (Phi) is 5.48. The molecule has 0 aromatic heterocycles. The molecule has 0 aliphatic carbocycles. The molecule has 0 amide bonds. The van der Waals surface area contributed by atoms with Gasteiger partial charge in [0.1, 0.15) is 11.6 Å². The third-order valence-electron chi connectivity index (χ3n) is 4.66. The summed E-state index contributed by atoms with van der Waals surface area (Å²) in [6, 6.07) is 13.5.